The highest BCUT2D eigenvalue weighted by molar-refractivity contribution is 5.51. The number of ether oxygens (including phenoxy) is 3. The molecule has 3 rings (SSSR count). The van der Waals surface area contributed by atoms with Crippen LogP contribution in [-0.2, 0) is 11.2 Å². The number of fused-ring (bicyclic) bond motifs is 1. The largest absolute Gasteiger partial charge is 0.490 e. The van der Waals surface area contributed by atoms with Gasteiger partial charge in [0.25, 0.3) is 0 Å². The van der Waals surface area contributed by atoms with Crippen molar-refractivity contribution in [1.82, 2.24) is 5.32 Å². The van der Waals surface area contributed by atoms with E-state index in [-0.39, 0.29) is 0 Å². The van der Waals surface area contributed by atoms with Crippen LogP contribution >= 0.6 is 0 Å². The monoisotopic (exact) mass is 305 g/mol. The SMILES string of the molecule is COCCCOc1cc(C(C)NC2CC2)cc2c1OCCC2. The van der Waals surface area contributed by atoms with Gasteiger partial charge in [-0.25, -0.2) is 0 Å². The zero-order valence-electron chi connectivity index (χ0n) is 13.7. The van der Waals surface area contributed by atoms with Gasteiger partial charge in [-0.2, -0.15) is 0 Å². The van der Waals surface area contributed by atoms with Crippen LogP contribution in [0, 0.1) is 0 Å². The summed E-state index contributed by atoms with van der Waals surface area (Å²) < 4.78 is 16.9. The number of aryl methyl sites for hydroxylation is 1. The molecule has 0 spiro atoms. The van der Waals surface area contributed by atoms with E-state index in [1.54, 1.807) is 7.11 Å². The topological polar surface area (TPSA) is 39.7 Å². The van der Waals surface area contributed by atoms with E-state index < -0.39 is 0 Å². The molecule has 1 saturated carbocycles. The molecule has 4 heteroatoms. The number of hydrogen-bond donors (Lipinski definition) is 1. The van der Waals surface area contributed by atoms with Crippen LogP contribution in [0.3, 0.4) is 0 Å². The van der Waals surface area contributed by atoms with Gasteiger partial charge < -0.3 is 19.5 Å². The molecular formula is C18H27NO3. The van der Waals surface area contributed by atoms with Crippen LogP contribution in [0.4, 0.5) is 0 Å². The maximum Gasteiger partial charge on any atom is 0.164 e. The summed E-state index contributed by atoms with van der Waals surface area (Å²) in [5.74, 6) is 1.85. The first-order valence-corrected chi connectivity index (χ1v) is 8.45. The number of rotatable bonds is 8. The van der Waals surface area contributed by atoms with E-state index in [1.165, 1.54) is 24.0 Å². The van der Waals surface area contributed by atoms with Crippen molar-refractivity contribution in [2.24, 2.45) is 0 Å². The van der Waals surface area contributed by atoms with Crippen molar-refractivity contribution in [2.45, 2.75) is 51.1 Å². The molecule has 2 aliphatic rings. The molecule has 1 aliphatic heterocycles. The van der Waals surface area contributed by atoms with Gasteiger partial charge in [0.2, 0.25) is 0 Å². The minimum absolute atomic E-state index is 0.362. The fourth-order valence-electron chi connectivity index (χ4n) is 2.91. The van der Waals surface area contributed by atoms with Crippen LogP contribution < -0.4 is 14.8 Å². The number of benzene rings is 1. The van der Waals surface area contributed by atoms with E-state index >= 15 is 0 Å². The predicted octanol–water partition coefficient (Wildman–Crippen LogP) is 3.24. The molecule has 0 radical (unpaired) electrons. The normalized spacial score (nSPS) is 18.5. The predicted molar refractivity (Wildman–Crippen MR) is 86.8 cm³/mol. The highest BCUT2D eigenvalue weighted by atomic mass is 16.5. The Labute approximate surface area is 133 Å². The Balaban J connectivity index is 1.75. The van der Waals surface area contributed by atoms with E-state index in [0.29, 0.717) is 18.7 Å². The summed E-state index contributed by atoms with van der Waals surface area (Å²) >= 11 is 0. The number of methoxy groups -OCH3 is 1. The first-order valence-electron chi connectivity index (χ1n) is 8.45. The summed E-state index contributed by atoms with van der Waals surface area (Å²) in [5, 5.41) is 3.66. The second-order valence-electron chi connectivity index (χ2n) is 6.32. The summed E-state index contributed by atoms with van der Waals surface area (Å²) in [7, 11) is 1.72. The minimum Gasteiger partial charge on any atom is -0.490 e. The molecule has 122 valence electrons. The van der Waals surface area contributed by atoms with Crippen LogP contribution in [0.15, 0.2) is 12.1 Å². The summed E-state index contributed by atoms with van der Waals surface area (Å²) in [6, 6.07) is 5.50. The van der Waals surface area contributed by atoms with Crippen molar-refractivity contribution in [1.29, 1.82) is 0 Å². The molecule has 0 aromatic heterocycles. The molecule has 1 atom stereocenters. The van der Waals surface area contributed by atoms with Gasteiger partial charge in [-0.3, -0.25) is 0 Å². The molecule has 1 heterocycles. The second-order valence-corrected chi connectivity index (χ2v) is 6.32. The van der Waals surface area contributed by atoms with Crippen LogP contribution in [-0.4, -0.2) is 33.0 Å². The molecule has 4 nitrogen and oxygen atoms in total. The summed E-state index contributed by atoms with van der Waals surface area (Å²) in [4.78, 5) is 0. The lowest BCUT2D eigenvalue weighted by molar-refractivity contribution is 0.169. The standard InChI is InChI=1S/C18H27NO3/c1-13(19-16-6-7-16)15-11-14-5-3-9-22-18(14)17(12-15)21-10-4-8-20-2/h11-13,16,19H,3-10H2,1-2H3. The van der Waals surface area contributed by atoms with E-state index in [2.05, 4.69) is 24.4 Å². The Morgan fingerprint density at radius 1 is 1.32 bits per heavy atom. The van der Waals surface area contributed by atoms with Crippen LogP contribution in [0.25, 0.3) is 0 Å². The third kappa shape index (κ3) is 3.93. The number of hydrogen-bond acceptors (Lipinski definition) is 4. The number of nitrogens with one attached hydrogen (secondary N) is 1. The lowest BCUT2D eigenvalue weighted by atomic mass is 9.99. The first-order chi connectivity index (χ1) is 10.8. The molecule has 0 bridgehead atoms. The molecular weight excluding hydrogens is 278 g/mol. The van der Waals surface area contributed by atoms with Gasteiger partial charge in [0.1, 0.15) is 0 Å². The summed E-state index contributed by atoms with van der Waals surface area (Å²) in [6.45, 7) is 4.41. The van der Waals surface area contributed by atoms with E-state index in [9.17, 15) is 0 Å². The maximum absolute atomic E-state index is 5.99. The molecule has 1 fully saturated rings. The Bertz CT molecular complexity index is 499. The van der Waals surface area contributed by atoms with E-state index in [1.807, 2.05) is 0 Å². The molecule has 1 aromatic carbocycles. The molecule has 1 aliphatic carbocycles. The zero-order chi connectivity index (χ0) is 15.4. The van der Waals surface area contributed by atoms with Gasteiger partial charge in [0.05, 0.1) is 13.2 Å². The molecule has 22 heavy (non-hydrogen) atoms. The fraction of sp³-hybridized carbons (Fsp3) is 0.667. The quantitative estimate of drug-likeness (QED) is 0.749. The average molecular weight is 305 g/mol. The van der Waals surface area contributed by atoms with Crippen molar-refractivity contribution in [2.75, 3.05) is 26.9 Å². The van der Waals surface area contributed by atoms with Crippen LogP contribution in [0.5, 0.6) is 11.5 Å². The van der Waals surface area contributed by atoms with E-state index in [0.717, 1.165) is 44.0 Å². The van der Waals surface area contributed by atoms with Crippen LogP contribution in [0.2, 0.25) is 0 Å². The van der Waals surface area contributed by atoms with Gasteiger partial charge >= 0.3 is 0 Å². The Hall–Kier alpha value is -1.26. The summed E-state index contributed by atoms with van der Waals surface area (Å²) in [5.41, 5.74) is 2.59. The van der Waals surface area contributed by atoms with Gasteiger partial charge in [0, 0.05) is 32.2 Å². The Kier molecular flexibility index (Phi) is 5.21. The summed E-state index contributed by atoms with van der Waals surface area (Å²) in [6.07, 6.45) is 5.67. The van der Waals surface area contributed by atoms with Gasteiger partial charge in [-0.05, 0) is 49.8 Å². The smallest absolute Gasteiger partial charge is 0.164 e. The third-order valence-corrected chi connectivity index (χ3v) is 4.30. The zero-order valence-corrected chi connectivity index (χ0v) is 13.7. The Morgan fingerprint density at radius 2 is 2.18 bits per heavy atom. The molecule has 1 aromatic rings. The maximum atomic E-state index is 5.99. The molecule has 0 saturated heterocycles. The average Bonchev–Trinajstić information content (AvgIpc) is 3.35. The lowest BCUT2D eigenvalue weighted by Gasteiger charge is -2.24. The molecule has 1 unspecified atom stereocenters. The minimum atomic E-state index is 0.362. The van der Waals surface area contributed by atoms with E-state index in [4.69, 9.17) is 14.2 Å². The third-order valence-electron chi connectivity index (χ3n) is 4.30. The van der Waals surface area contributed by atoms with Crippen molar-refractivity contribution in [3.8, 4) is 11.5 Å². The molecule has 0 amide bonds. The van der Waals surface area contributed by atoms with Crippen molar-refractivity contribution in [3.63, 3.8) is 0 Å². The second kappa shape index (κ2) is 7.34. The first kappa shape index (κ1) is 15.6. The lowest BCUT2D eigenvalue weighted by Crippen LogP contribution is -2.21. The highest BCUT2D eigenvalue weighted by Crippen LogP contribution is 2.38. The van der Waals surface area contributed by atoms with Crippen molar-refractivity contribution in [3.05, 3.63) is 23.3 Å². The van der Waals surface area contributed by atoms with Gasteiger partial charge in [-0.1, -0.05) is 6.07 Å². The fourth-order valence-corrected chi connectivity index (χ4v) is 2.91. The van der Waals surface area contributed by atoms with Crippen molar-refractivity contribution >= 4 is 0 Å². The van der Waals surface area contributed by atoms with Gasteiger partial charge in [-0.15, -0.1) is 0 Å². The van der Waals surface area contributed by atoms with Crippen LogP contribution in [0.1, 0.15) is 49.8 Å². The highest BCUT2D eigenvalue weighted by Gasteiger charge is 2.25. The Morgan fingerprint density at radius 3 is 2.95 bits per heavy atom. The molecule has 1 N–H and O–H groups in total. The van der Waals surface area contributed by atoms with Gasteiger partial charge in [0.15, 0.2) is 11.5 Å². The van der Waals surface area contributed by atoms with Crippen molar-refractivity contribution < 1.29 is 14.2 Å².